The second kappa shape index (κ2) is 5.51. The summed E-state index contributed by atoms with van der Waals surface area (Å²) in [6.45, 7) is 3.64. The van der Waals surface area contributed by atoms with Crippen molar-refractivity contribution in [3.63, 3.8) is 0 Å². The van der Waals surface area contributed by atoms with E-state index in [9.17, 15) is 13.6 Å². The molecule has 1 heterocycles. The number of carbonyl (C=O) groups excluding carboxylic acids is 1. The van der Waals surface area contributed by atoms with E-state index < -0.39 is 17.1 Å². The van der Waals surface area contributed by atoms with Gasteiger partial charge in [-0.15, -0.1) is 0 Å². The van der Waals surface area contributed by atoms with Gasteiger partial charge in [0.25, 0.3) is 0 Å². The number of allylic oxidation sites excluding steroid dienone is 4. The standard InChI is InChI=1S/C17H16ClF2NO/c1-9-5-15-13(17(22)6-9)8-16(21(15)10(2)18)12-4-3-11(19)7-14(12)20/h3-7,10,13,16H,8H2,1-2H3. The molecule has 1 aromatic rings. The van der Waals surface area contributed by atoms with Crippen LogP contribution >= 0.6 is 11.6 Å². The predicted octanol–water partition coefficient (Wildman–Crippen LogP) is 4.33. The van der Waals surface area contributed by atoms with Crippen LogP contribution in [0.1, 0.15) is 31.9 Å². The first kappa shape index (κ1) is 15.2. The molecule has 0 spiro atoms. The van der Waals surface area contributed by atoms with Crippen molar-refractivity contribution in [3.05, 3.63) is 58.8 Å². The summed E-state index contributed by atoms with van der Waals surface area (Å²) in [6, 6.07) is 3.17. The molecule has 5 heteroatoms. The zero-order valence-electron chi connectivity index (χ0n) is 12.3. The van der Waals surface area contributed by atoms with Crippen LogP contribution in [0.2, 0.25) is 0 Å². The second-order valence-corrected chi connectivity index (χ2v) is 6.44. The van der Waals surface area contributed by atoms with Gasteiger partial charge >= 0.3 is 0 Å². The van der Waals surface area contributed by atoms with E-state index in [1.807, 2.05) is 17.9 Å². The Labute approximate surface area is 133 Å². The maximum Gasteiger partial charge on any atom is 0.164 e. The van der Waals surface area contributed by atoms with Crippen molar-refractivity contribution in [2.75, 3.05) is 0 Å². The van der Waals surface area contributed by atoms with E-state index in [1.165, 1.54) is 12.1 Å². The number of fused-ring (bicyclic) bond motifs is 1. The van der Waals surface area contributed by atoms with Crippen LogP contribution in [0.25, 0.3) is 0 Å². The molecule has 3 atom stereocenters. The molecule has 3 unspecified atom stereocenters. The fourth-order valence-electron chi connectivity index (χ4n) is 3.36. The molecule has 1 saturated heterocycles. The van der Waals surface area contributed by atoms with E-state index >= 15 is 0 Å². The lowest BCUT2D eigenvalue weighted by atomic mass is 9.90. The van der Waals surface area contributed by atoms with Crippen molar-refractivity contribution in [1.82, 2.24) is 4.90 Å². The summed E-state index contributed by atoms with van der Waals surface area (Å²) in [4.78, 5) is 14.1. The lowest BCUT2D eigenvalue weighted by molar-refractivity contribution is -0.117. The molecule has 0 amide bonds. The first-order valence-corrected chi connectivity index (χ1v) is 7.63. The molecule has 0 saturated carbocycles. The van der Waals surface area contributed by atoms with E-state index in [0.29, 0.717) is 12.0 Å². The Kier molecular flexibility index (Phi) is 3.81. The number of ketones is 1. The Morgan fingerprint density at radius 3 is 2.68 bits per heavy atom. The molecule has 1 aliphatic heterocycles. The summed E-state index contributed by atoms with van der Waals surface area (Å²) in [5.74, 6) is -1.51. The summed E-state index contributed by atoms with van der Waals surface area (Å²) >= 11 is 6.29. The van der Waals surface area contributed by atoms with Gasteiger partial charge in [0.05, 0.1) is 12.0 Å². The number of likely N-dealkylation sites (tertiary alicyclic amines) is 1. The summed E-state index contributed by atoms with van der Waals surface area (Å²) < 4.78 is 27.3. The molecule has 0 bridgehead atoms. The van der Waals surface area contributed by atoms with Gasteiger partial charge in [0.1, 0.15) is 17.1 Å². The molecule has 1 fully saturated rings. The van der Waals surface area contributed by atoms with Crippen LogP contribution in [0.3, 0.4) is 0 Å². The monoisotopic (exact) mass is 323 g/mol. The average Bonchev–Trinajstić information content (AvgIpc) is 2.78. The van der Waals surface area contributed by atoms with Crippen molar-refractivity contribution < 1.29 is 13.6 Å². The molecule has 116 valence electrons. The molecule has 0 aromatic heterocycles. The highest BCUT2D eigenvalue weighted by Crippen LogP contribution is 2.47. The van der Waals surface area contributed by atoms with E-state index in [2.05, 4.69) is 0 Å². The van der Waals surface area contributed by atoms with Crippen molar-refractivity contribution in [2.45, 2.75) is 31.8 Å². The molecule has 22 heavy (non-hydrogen) atoms. The molecule has 3 rings (SSSR count). The minimum absolute atomic E-state index is 0.0161. The fraction of sp³-hybridized carbons (Fsp3) is 0.353. The third-order valence-corrected chi connectivity index (χ3v) is 4.45. The van der Waals surface area contributed by atoms with Crippen LogP contribution in [-0.4, -0.2) is 16.2 Å². The number of halogens is 3. The van der Waals surface area contributed by atoms with Gasteiger partial charge in [-0.05, 0) is 44.1 Å². The summed E-state index contributed by atoms with van der Waals surface area (Å²) in [7, 11) is 0. The number of hydrogen-bond donors (Lipinski definition) is 0. The lowest BCUT2D eigenvalue weighted by Crippen LogP contribution is -2.29. The quantitative estimate of drug-likeness (QED) is 0.596. The Morgan fingerprint density at radius 1 is 1.32 bits per heavy atom. The first-order valence-electron chi connectivity index (χ1n) is 7.19. The van der Waals surface area contributed by atoms with Gasteiger partial charge < -0.3 is 4.90 Å². The molecule has 0 N–H and O–H groups in total. The number of carbonyl (C=O) groups is 1. The maximum absolute atomic E-state index is 14.2. The van der Waals surface area contributed by atoms with E-state index in [0.717, 1.165) is 17.3 Å². The van der Waals surface area contributed by atoms with Crippen LogP contribution in [-0.2, 0) is 4.79 Å². The average molecular weight is 324 g/mol. The Bertz CT molecular complexity index is 696. The summed E-state index contributed by atoms with van der Waals surface area (Å²) in [5, 5.41) is 0. The van der Waals surface area contributed by atoms with Gasteiger partial charge in [-0.3, -0.25) is 4.79 Å². The molecular formula is C17H16ClF2NO. The second-order valence-electron chi connectivity index (χ2n) is 5.81. The van der Waals surface area contributed by atoms with Gasteiger partial charge in [0.15, 0.2) is 5.78 Å². The van der Waals surface area contributed by atoms with Gasteiger partial charge in [-0.1, -0.05) is 17.7 Å². The van der Waals surface area contributed by atoms with Gasteiger partial charge in [0.2, 0.25) is 0 Å². The summed E-state index contributed by atoms with van der Waals surface area (Å²) in [6.07, 6.45) is 3.98. The Morgan fingerprint density at radius 2 is 2.05 bits per heavy atom. The zero-order chi connectivity index (χ0) is 16.0. The minimum Gasteiger partial charge on any atom is -0.351 e. The van der Waals surface area contributed by atoms with Crippen molar-refractivity contribution >= 4 is 17.4 Å². The highest BCUT2D eigenvalue weighted by Gasteiger charge is 2.43. The van der Waals surface area contributed by atoms with Crippen LogP contribution in [0.15, 0.2) is 41.6 Å². The van der Waals surface area contributed by atoms with Gasteiger partial charge in [-0.2, -0.15) is 0 Å². The minimum atomic E-state index is -0.616. The Balaban J connectivity index is 2.06. The third kappa shape index (κ3) is 2.45. The third-order valence-electron chi connectivity index (χ3n) is 4.24. The molecule has 2 aliphatic rings. The lowest BCUT2D eigenvalue weighted by Gasteiger charge is -2.31. The van der Waals surface area contributed by atoms with E-state index in [4.69, 9.17) is 11.6 Å². The van der Waals surface area contributed by atoms with Crippen LogP contribution in [0.5, 0.6) is 0 Å². The fourth-order valence-corrected chi connectivity index (χ4v) is 3.61. The number of rotatable bonds is 2. The van der Waals surface area contributed by atoms with Crippen molar-refractivity contribution in [3.8, 4) is 0 Å². The van der Waals surface area contributed by atoms with Crippen molar-refractivity contribution in [2.24, 2.45) is 5.92 Å². The van der Waals surface area contributed by atoms with Crippen molar-refractivity contribution in [1.29, 1.82) is 0 Å². The molecular weight excluding hydrogens is 308 g/mol. The van der Waals surface area contributed by atoms with Crippen LogP contribution in [0.4, 0.5) is 8.78 Å². The van der Waals surface area contributed by atoms with Gasteiger partial charge in [-0.25, -0.2) is 8.78 Å². The number of alkyl halides is 1. The largest absolute Gasteiger partial charge is 0.351 e. The Hall–Kier alpha value is -1.68. The number of nitrogens with zero attached hydrogens (tertiary/aromatic N) is 1. The smallest absolute Gasteiger partial charge is 0.164 e. The van der Waals surface area contributed by atoms with Crippen LogP contribution in [0, 0.1) is 17.6 Å². The van der Waals surface area contributed by atoms with Crippen LogP contribution < -0.4 is 0 Å². The maximum atomic E-state index is 14.2. The zero-order valence-corrected chi connectivity index (χ0v) is 13.1. The van der Waals surface area contributed by atoms with Gasteiger partial charge in [0, 0.05) is 17.3 Å². The molecule has 0 radical (unpaired) electrons. The summed E-state index contributed by atoms with van der Waals surface area (Å²) in [5.41, 5.74) is 1.65. The normalized spacial score (nSPS) is 25.7. The molecule has 1 aliphatic carbocycles. The van der Waals surface area contributed by atoms with E-state index in [-0.39, 0.29) is 17.7 Å². The number of hydrogen-bond acceptors (Lipinski definition) is 2. The molecule has 1 aromatic carbocycles. The predicted molar refractivity (Wildman–Crippen MR) is 81.2 cm³/mol. The van der Waals surface area contributed by atoms with E-state index in [1.54, 1.807) is 13.0 Å². The topological polar surface area (TPSA) is 20.3 Å². The SMILES string of the molecule is CC1=CC(=O)C2CC(c3ccc(F)cc3F)N(C(C)Cl)C2=C1. The number of benzene rings is 1. The molecule has 2 nitrogen and oxygen atoms in total. The highest BCUT2D eigenvalue weighted by atomic mass is 35.5. The first-order chi connectivity index (χ1) is 10.4. The highest BCUT2D eigenvalue weighted by molar-refractivity contribution is 6.20.